The van der Waals surface area contributed by atoms with Gasteiger partial charge in [-0.1, -0.05) is 0 Å². The smallest absolute Gasteiger partial charge is 0.475 e. The van der Waals surface area contributed by atoms with E-state index >= 15 is 0 Å². The Hall–Kier alpha value is -3.67. The van der Waals surface area contributed by atoms with Gasteiger partial charge in [0.2, 0.25) is 11.2 Å². The number of aromatic amines is 2. The Bertz CT molecular complexity index is 1230. The zero-order chi connectivity index (χ0) is 27.3. The molecule has 0 saturated heterocycles. The monoisotopic (exact) mass is 536 g/mol. The van der Waals surface area contributed by atoms with Gasteiger partial charge in [-0.3, -0.25) is 10.2 Å². The van der Waals surface area contributed by atoms with Gasteiger partial charge in [-0.15, -0.1) is 0 Å². The van der Waals surface area contributed by atoms with E-state index in [2.05, 4.69) is 45.6 Å². The molecule has 4 aromatic heterocycles. The van der Waals surface area contributed by atoms with Crippen LogP contribution >= 0.6 is 11.6 Å². The van der Waals surface area contributed by atoms with Gasteiger partial charge in [-0.05, 0) is 25.4 Å². The standard InChI is InChI=1S/C8H11N5O.C6H5ClN4.C2HF3O2.C2H7NO/c1-5-6-4-10-8(9-2-3-14)11-7(6)13-12-5;1-3-4-2-8-6(7)9-5(4)11-10-3;3-2(4,5)1(6)7;3-1-2-4/h4,14H,2-3H2,1H3,(H2,9,10,11,12,13);2H,1H3,(H,8,9,10,11);(H,6,7);4H,1-3H2. The number of H-pyrrole nitrogens is 2. The second kappa shape index (κ2) is 14.7. The number of nitrogens with one attached hydrogen (secondary N) is 3. The van der Waals surface area contributed by atoms with E-state index in [1.54, 1.807) is 12.4 Å². The summed E-state index contributed by atoms with van der Waals surface area (Å²) < 4.78 is 31.7. The molecule has 0 aliphatic rings. The number of aryl methyl sites for hydroxylation is 2. The van der Waals surface area contributed by atoms with Crippen LogP contribution < -0.4 is 11.1 Å². The number of hydrogen-bond donors (Lipinski definition) is 7. The first-order chi connectivity index (χ1) is 16.9. The summed E-state index contributed by atoms with van der Waals surface area (Å²) >= 11 is 5.55. The Balaban J connectivity index is 0.000000263. The number of carboxylic acids is 1. The quantitative estimate of drug-likeness (QED) is 0.181. The van der Waals surface area contributed by atoms with Crippen LogP contribution in [0.4, 0.5) is 19.1 Å². The Kier molecular flexibility index (Phi) is 12.4. The summed E-state index contributed by atoms with van der Waals surface area (Å²) in [6.07, 6.45) is -1.72. The molecule has 0 radical (unpaired) electrons. The Morgan fingerprint density at radius 1 is 1.03 bits per heavy atom. The molecule has 4 heterocycles. The van der Waals surface area contributed by atoms with Gasteiger partial charge in [0.1, 0.15) is 0 Å². The van der Waals surface area contributed by atoms with E-state index in [-0.39, 0.29) is 18.5 Å². The number of aliphatic carboxylic acids is 1. The van der Waals surface area contributed by atoms with Crippen molar-refractivity contribution in [3.8, 4) is 0 Å². The van der Waals surface area contributed by atoms with E-state index in [4.69, 9.17) is 37.4 Å². The lowest BCUT2D eigenvalue weighted by Crippen LogP contribution is -2.21. The third-order valence-electron chi connectivity index (χ3n) is 3.74. The molecular weight excluding hydrogens is 513 g/mol. The second-order valence-electron chi connectivity index (χ2n) is 6.47. The molecule has 18 heteroatoms. The van der Waals surface area contributed by atoms with Gasteiger partial charge < -0.3 is 26.4 Å². The van der Waals surface area contributed by atoms with E-state index in [1.165, 1.54) is 0 Å². The van der Waals surface area contributed by atoms with Crippen molar-refractivity contribution >= 4 is 45.6 Å². The number of aliphatic hydroxyl groups is 2. The third-order valence-corrected chi connectivity index (χ3v) is 3.92. The van der Waals surface area contributed by atoms with Crippen LogP contribution in [0.25, 0.3) is 22.1 Å². The number of alkyl halides is 3. The number of nitrogens with zero attached hydrogens (tertiary/aromatic N) is 6. The first-order valence-corrected chi connectivity index (χ1v) is 10.3. The normalized spacial score (nSPS) is 10.5. The van der Waals surface area contributed by atoms with Crippen LogP contribution in [0.1, 0.15) is 11.4 Å². The number of hydrogen-bond acceptors (Lipinski definition) is 11. The highest BCUT2D eigenvalue weighted by Gasteiger charge is 2.38. The van der Waals surface area contributed by atoms with Gasteiger partial charge in [0.25, 0.3) is 0 Å². The summed E-state index contributed by atoms with van der Waals surface area (Å²) in [5, 5.41) is 42.0. The molecule has 0 amide bonds. The number of aliphatic hydroxyl groups excluding tert-OH is 2. The van der Waals surface area contributed by atoms with Crippen molar-refractivity contribution in [1.29, 1.82) is 0 Å². The fraction of sp³-hybridized carbons (Fsp3) is 0.389. The molecule has 0 atom stereocenters. The number of fused-ring (bicyclic) bond motifs is 2. The van der Waals surface area contributed by atoms with Gasteiger partial charge in [-0.25, -0.2) is 14.8 Å². The molecule has 0 aliphatic heterocycles. The summed E-state index contributed by atoms with van der Waals surface area (Å²) in [7, 11) is 0. The van der Waals surface area contributed by atoms with Crippen LogP contribution in [0, 0.1) is 13.8 Å². The van der Waals surface area contributed by atoms with E-state index < -0.39 is 12.1 Å². The lowest BCUT2D eigenvalue weighted by Gasteiger charge is -2.00. The van der Waals surface area contributed by atoms with Gasteiger partial charge in [0.05, 0.1) is 24.0 Å². The van der Waals surface area contributed by atoms with Crippen LogP contribution in [0.3, 0.4) is 0 Å². The lowest BCUT2D eigenvalue weighted by molar-refractivity contribution is -0.192. The summed E-state index contributed by atoms with van der Waals surface area (Å²) in [6.45, 7) is 4.79. The molecule has 0 unspecified atom stereocenters. The maximum Gasteiger partial charge on any atom is 0.490 e. The number of carbonyl (C=O) groups is 1. The van der Waals surface area contributed by atoms with Gasteiger partial charge in [-0.2, -0.15) is 33.3 Å². The molecule has 4 rings (SSSR count). The van der Waals surface area contributed by atoms with E-state index in [0.717, 1.165) is 22.2 Å². The number of anilines is 1. The molecule has 8 N–H and O–H groups in total. The minimum Gasteiger partial charge on any atom is -0.475 e. The Labute approximate surface area is 206 Å². The molecule has 0 aromatic carbocycles. The summed E-state index contributed by atoms with van der Waals surface area (Å²) in [4.78, 5) is 24.9. The maximum absolute atomic E-state index is 10.6. The number of carboxylic acid groups (broad SMARTS) is 1. The molecule has 0 fully saturated rings. The van der Waals surface area contributed by atoms with Gasteiger partial charge >= 0.3 is 12.1 Å². The number of rotatable bonds is 4. The summed E-state index contributed by atoms with van der Waals surface area (Å²) in [5.74, 6) is -2.27. The van der Waals surface area contributed by atoms with Crippen molar-refractivity contribution in [1.82, 2.24) is 40.3 Å². The predicted molar refractivity (Wildman–Crippen MR) is 123 cm³/mol. The topological polar surface area (TPSA) is 225 Å². The minimum atomic E-state index is -5.08. The zero-order valence-electron chi connectivity index (χ0n) is 19.0. The van der Waals surface area contributed by atoms with Crippen molar-refractivity contribution in [3.05, 3.63) is 29.1 Å². The van der Waals surface area contributed by atoms with Crippen LogP contribution in [-0.4, -0.2) is 94.1 Å². The lowest BCUT2D eigenvalue weighted by atomic mass is 10.3. The molecule has 0 saturated carbocycles. The molecule has 36 heavy (non-hydrogen) atoms. The first kappa shape index (κ1) is 30.4. The fourth-order valence-corrected chi connectivity index (χ4v) is 2.20. The van der Waals surface area contributed by atoms with Gasteiger partial charge in [0.15, 0.2) is 11.3 Å². The van der Waals surface area contributed by atoms with Crippen molar-refractivity contribution in [2.75, 3.05) is 31.6 Å². The largest absolute Gasteiger partial charge is 0.490 e. The van der Waals surface area contributed by atoms with Crippen molar-refractivity contribution in [2.24, 2.45) is 5.73 Å². The Morgan fingerprint density at radius 3 is 1.94 bits per heavy atom. The molecule has 198 valence electrons. The predicted octanol–water partition coefficient (Wildman–Crippen LogP) is 0.951. The maximum atomic E-state index is 10.6. The molecule has 14 nitrogen and oxygen atoms in total. The second-order valence-corrected chi connectivity index (χ2v) is 6.81. The van der Waals surface area contributed by atoms with Crippen LogP contribution in [0.5, 0.6) is 0 Å². The number of aromatic nitrogens is 8. The highest BCUT2D eigenvalue weighted by Crippen LogP contribution is 2.14. The van der Waals surface area contributed by atoms with E-state index in [0.29, 0.717) is 30.3 Å². The molecule has 0 bridgehead atoms. The van der Waals surface area contributed by atoms with Crippen molar-refractivity contribution < 1.29 is 33.3 Å². The number of halogens is 4. The van der Waals surface area contributed by atoms with Crippen LogP contribution in [0.15, 0.2) is 12.4 Å². The average molecular weight is 537 g/mol. The summed E-state index contributed by atoms with van der Waals surface area (Å²) in [6, 6.07) is 0. The van der Waals surface area contributed by atoms with E-state index in [9.17, 15) is 13.2 Å². The van der Waals surface area contributed by atoms with Crippen molar-refractivity contribution in [2.45, 2.75) is 20.0 Å². The average Bonchev–Trinajstić information content (AvgIpc) is 3.39. The SMILES string of the molecule is Cc1[nH]nc2nc(Cl)ncc12.Cc1[nH]nc2nc(NCCO)ncc12.NCCO.O=C(O)C(F)(F)F. The summed E-state index contributed by atoms with van der Waals surface area (Å²) in [5.41, 5.74) is 7.94. The van der Waals surface area contributed by atoms with Gasteiger partial charge in [0, 0.05) is 36.9 Å². The first-order valence-electron chi connectivity index (χ1n) is 9.91. The molecule has 4 aromatic rings. The molecule has 0 spiro atoms. The van der Waals surface area contributed by atoms with E-state index in [1.807, 2.05) is 13.8 Å². The van der Waals surface area contributed by atoms with Crippen LogP contribution in [0.2, 0.25) is 5.28 Å². The highest BCUT2D eigenvalue weighted by molar-refractivity contribution is 6.28. The zero-order valence-corrected chi connectivity index (χ0v) is 19.8. The third kappa shape index (κ3) is 9.90. The highest BCUT2D eigenvalue weighted by atomic mass is 35.5. The molecule has 0 aliphatic carbocycles. The fourth-order valence-electron chi connectivity index (χ4n) is 2.07. The minimum absolute atomic E-state index is 0.0565. The molecular formula is C18H24ClF3N10O4. The Morgan fingerprint density at radius 2 is 1.50 bits per heavy atom. The number of nitrogens with two attached hydrogens (primary N) is 1. The van der Waals surface area contributed by atoms with Crippen LogP contribution in [-0.2, 0) is 4.79 Å². The van der Waals surface area contributed by atoms with Crippen molar-refractivity contribution in [3.63, 3.8) is 0 Å².